The zero-order valence-electron chi connectivity index (χ0n) is 4.59. The maximum Gasteiger partial charge on any atom is 0.266 e. The van der Waals surface area contributed by atoms with Crippen molar-refractivity contribution in [3.63, 3.8) is 0 Å². The number of aromatic nitrogens is 2. The van der Waals surface area contributed by atoms with Gasteiger partial charge in [-0.3, -0.25) is 4.79 Å². The van der Waals surface area contributed by atoms with Crippen molar-refractivity contribution in [3.8, 4) is 12.3 Å². The Kier molecular flexibility index (Phi) is 1.32. The lowest BCUT2D eigenvalue weighted by atomic mass is 10.4. The SMILES string of the molecule is C#Cc1cnc[nH]c1=O. The molecule has 3 nitrogen and oxygen atoms in total. The fourth-order valence-corrected chi connectivity index (χ4v) is 0.447. The lowest BCUT2D eigenvalue weighted by Crippen LogP contribution is -2.08. The second-order valence-corrected chi connectivity index (χ2v) is 1.44. The number of rotatable bonds is 0. The van der Waals surface area contributed by atoms with Gasteiger partial charge in [-0.1, -0.05) is 5.92 Å². The summed E-state index contributed by atoms with van der Waals surface area (Å²) in [6.45, 7) is 0. The number of hydrogen-bond donors (Lipinski definition) is 1. The van der Waals surface area contributed by atoms with Crippen molar-refractivity contribution in [3.05, 3.63) is 28.4 Å². The highest BCUT2D eigenvalue weighted by molar-refractivity contribution is 5.25. The van der Waals surface area contributed by atoms with Gasteiger partial charge >= 0.3 is 0 Å². The highest BCUT2D eigenvalue weighted by atomic mass is 16.1. The van der Waals surface area contributed by atoms with Crippen molar-refractivity contribution in [2.75, 3.05) is 0 Å². The molecule has 0 spiro atoms. The molecule has 0 saturated carbocycles. The van der Waals surface area contributed by atoms with Crippen molar-refractivity contribution in [2.45, 2.75) is 0 Å². The highest BCUT2D eigenvalue weighted by Crippen LogP contribution is 1.77. The van der Waals surface area contributed by atoms with Crippen molar-refractivity contribution < 1.29 is 0 Å². The molecule has 0 aliphatic heterocycles. The van der Waals surface area contributed by atoms with Crippen LogP contribution in [0.15, 0.2) is 17.3 Å². The molecule has 0 atom stereocenters. The van der Waals surface area contributed by atoms with E-state index in [9.17, 15) is 4.79 Å². The molecule has 1 heterocycles. The van der Waals surface area contributed by atoms with E-state index in [1.165, 1.54) is 12.5 Å². The Labute approximate surface area is 51.8 Å². The number of aromatic amines is 1. The molecule has 1 aromatic rings. The van der Waals surface area contributed by atoms with E-state index in [1.807, 2.05) is 0 Å². The topological polar surface area (TPSA) is 45.8 Å². The predicted octanol–water partition coefficient (Wildman–Crippen LogP) is -0.249. The van der Waals surface area contributed by atoms with Crippen LogP contribution in [0, 0.1) is 12.3 Å². The summed E-state index contributed by atoms with van der Waals surface area (Å²) in [4.78, 5) is 16.6. The Bertz CT molecular complexity index is 294. The van der Waals surface area contributed by atoms with Crippen LogP contribution in [-0.2, 0) is 0 Å². The van der Waals surface area contributed by atoms with E-state index in [-0.39, 0.29) is 11.1 Å². The Morgan fingerprint density at radius 3 is 3.00 bits per heavy atom. The van der Waals surface area contributed by atoms with E-state index in [0.29, 0.717) is 0 Å². The molecular weight excluding hydrogens is 116 g/mol. The minimum Gasteiger partial charge on any atom is -0.312 e. The summed E-state index contributed by atoms with van der Waals surface area (Å²) in [5.41, 5.74) is -0.00926. The first-order chi connectivity index (χ1) is 4.34. The van der Waals surface area contributed by atoms with Gasteiger partial charge in [0.05, 0.1) is 6.33 Å². The molecular formula is C6H4N2O. The van der Waals surface area contributed by atoms with E-state index >= 15 is 0 Å². The molecule has 0 amide bonds. The van der Waals surface area contributed by atoms with Gasteiger partial charge in [0.2, 0.25) is 0 Å². The van der Waals surface area contributed by atoms with Gasteiger partial charge in [0.15, 0.2) is 0 Å². The molecule has 0 aliphatic rings. The van der Waals surface area contributed by atoms with E-state index in [0.717, 1.165) is 0 Å². The summed E-state index contributed by atoms with van der Waals surface area (Å²) in [5, 5.41) is 0. The summed E-state index contributed by atoms with van der Waals surface area (Å²) in [6, 6.07) is 0. The van der Waals surface area contributed by atoms with Crippen LogP contribution >= 0.6 is 0 Å². The lowest BCUT2D eigenvalue weighted by Gasteiger charge is -1.82. The fraction of sp³-hybridized carbons (Fsp3) is 0. The minimum absolute atomic E-state index is 0.262. The van der Waals surface area contributed by atoms with Crippen LogP contribution in [0.3, 0.4) is 0 Å². The molecule has 9 heavy (non-hydrogen) atoms. The standard InChI is InChI=1S/C6H4N2O/c1-2-5-3-7-4-8-6(5)9/h1,3-4H,(H,7,8,9). The van der Waals surface area contributed by atoms with Crippen LogP contribution in [0.5, 0.6) is 0 Å². The summed E-state index contributed by atoms with van der Waals surface area (Å²) < 4.78 is 0. The second-order valence-electron chi connectivity index (χ2n) is 1.44. The first-order valence-electron chi connectivity index (χ1n) is 2.34. The van der Waals surface area contributed by atoms with Crippen LogP contribution in [0.1, 0.15) is 5.56 Å². The van der Waals surface area contributed by atoms with Crippen molar-refractivity contribution in [1.82, 2.24) is 9.97 Å². The molecule has 0 fully saturated rings. The van der Waals surface area contributed by atoms with Gasteiger partial charge in [0.1, 0.15) is 5.56 Å². The molecule has 1 N–H and O–H groups in total. The zero-order chi connectivity index (χ0) is 6.69. The third kappa shape index (κ3) is 0.970. The summed E-state index contributed by atoms with van der Waals surface area (Å²) in [7, 11) is 0. The van der Waals surface area contributed by atoms with Gasteiger partial charge in [0.25, 0.3) is 5.56 Å². The van der Waals surface area contributed by atoms with E-state index < -0.39 is 0 Å². The fourth-order valence-electron chi connectivity index (χ4n) is 0.447. The van der Waals surface area contributed by atoms with E-state index in [2.05, 4.69) is 15.9 Å². The minimum atomic E-state index is -0.271. The van der Waals surface area contributed by atoms with E-state index in [1.54, 1.807) is 0 Å². The van der Waals surface area contributed by atoms with Crippen LogP contribution in [-0.4, -0.2) is 9.97 Å². The molecule has 1 rings (SSSR count). The lowest BCUT2D eigenvalue weighted by molar-refractivity contribution is 1.10. The summed E-state index contributed by atoms with van der Waals surface area (Å²) >= 11 is 0. The number of H-pyrrole nitrogens is 1. The Balaban J connectivity index is 3.38. The zero-order valence-corrected chi connectivity index (χ0v) is 4.59. The molecule has 0 saturated heterocycles. The van der Waals surface area contributed by atoms with Gasteiger partial charge in [-0.25, -0.2) is 4.98 Å². The number of nitrogens with zero attached hydrogens (tertiary/aromatic N) is 1. The average molecular weight is 120 g/mol. The maximum atomic E-state index is 10.6. The average Bonchev–Trinajstić information content (AvgIpc) is 1.89. The molecule has 0 unspecified atom stereocenters. The first-order valence-corrected chi connectivity index (χ1v) is 2.34. The van der Waals surface area contributed by atoms with Gasteiger partial charge in [-0.2, -0.15) is 0 Å². The van der Waals surface area contributed by atoms with Crippen molar-refractivity contribution in [1.29, 1.82) is 0 Å². The third-order valence-electron chi connectivity index (χ3n) is 0.874. The number of terminal acetylenes is 1. The Morgan fingerprint density at radius 1 is 1.78 bits per heavy atom. The van der Waals surface area contributed by atoms with E-state index in [4.69, 9.17) is 6.42 Å². The molecule has 0 bridgehead atoms. The maximum absolute atomic E-state index is 10.6. The normalized spacial score (nSPS) is 8.33. The summed E-state index contributed by atoms with van der Waals surface area (Å²) in [5.74, 6) is 2.19. The van der Waals surface area contributed by atoms with Gasteiger partial charge in [-0.15, -0.1) is 6.42 Å². The number of hydrogen-bond acceptors (Lipinski definition) is 2. The van der Waals surface area contributed by atoms with Gasteiger partial charge in [0, 0.05) is 6.20 Å². The monoisotopic (exact) mass is 120 g/mol. The number of nitrogens with one attached hydrogen (secondary N) is 1. The predicted molar refractivity (Wildman–Crippen MR) is 32.8 cm³/mol. The largest absolute Gasteiger partial charge is 0.312 e. The molecule has 3 heteroatoms. The van der Waals surface area contributed by atoms with Crippen LogP contribution < -0.4 is 5.56 Å². The van der Waals surface area contributed by atoms with Crippen LogP contribution in [0.25, 0.3) is 0 Å². The molecule has 0 aromatic carbocycles. The highest BCUT2D eigenvalue weighted by Gasteiger charge is 1.89. The second kappa shape index (κ2) is 2.14. The smallest absolute Gasteiger partial charge is 0.266 e. The summed E-state index contributed by atoms with van der Waals surface area (Å²) in [6.07, 6.45) is 7.58. The molecule has 44 valence electrons. The quantitative estimate of drug-likeness (QED) is 0.480. The van der Waals surface area contributed by atoms with Gasteiger partial charge in [-0.05, 0) is 0 Å². The Morgan fingerprint density at radius 2 is 2.56 bits per heavy atom. The van der Waals surface area contributed by atoms with Crippen LogP contribution in [0.2, 0.25) is 0 Å². The molecule has 0 radical (unpaired) electrons. The van der Waals surface area contributed by atoms with Crippen LogP contribution in [0.4, 0.5) is 0 Å². The molecule has 1 aromatic heterocycles. The van der Waals surface area contributed by atoms with Crippen molar-refractivity contribution in [2.24, 2.45) is 0 Å². The third-order valence-corrected chi connectivity index (χ3v) is 0.874. The molecule has 0 aliphatic carbocycles. The Hall–Kier alpha value is -1.56. The van der Waals surface area contributed by atoms with Gasteiger partial charge < -0.3 is 4.98 Å². The first kappa shape index (κ1) is 5.57. The van der Waals surface area contributed by atoms with Crippen molar-refractivity contribution >= 4 is 0 Å².